The summed E-state index contributed by atoms with van der Waals surface area (Å²) in [5.74, 6) is 0.678. The van der Waals surface area contributed by atoms with E-state index in [2.05, 4.69) is 0 Å². The number of hydrogen-bond acceptors (Lipinski definition) is 4. The van der Waals surface area contributed by atoms with Crippen molar-refractivity contribution in [2.24, 2.45) is 0 Å². The summed E-state index contributed by atoms with van der Waals surface area (Å²) in [5.41, 5.74) is 1.35. The number of aliphatic carboxylic acids is 1. The highest BCUT2D eigenvalue weighted by Crippen LogP contribution is 2.34. The number of para-hydroxylation sites is 1. The fourth-order valence-electron chi connectivity index (χ4n) is 2.45. The van der Waals surface area contributed by atoms with Crippen molar-refractivity contribution in [1.82, 2.24) is 0 Å². The van der Waals surface area contributed by atoms with Gasteiger partial charge in [0.05, 0.1) is 25.9 Å². The minimum Gasteiger partial charge on any atom is -0.494 e. The monoisotopic (exact) mass is 342 g/mol. The molecule has 0 aliphatic rings. The quantitative estimate of drug-likeness (QED) is 0.577. The maximum absolute atomic E-state index is 11.8. The average molecular weight is 342 g/mol. The largest absolute Gasteiger partial charge is 0.494 e. The van der Waals surface area contributed by atoms with E-state index >= 15 is 0 Å². The van der Waals surface area contributed by atoms with E-state index in [1.165, 1.54) is 0 Å². The van der Waals surface area contributed by atoms with Crippen LogP contribution >= 0.6 is 0 Å². The molecule has 0 radical (unpaired) electrons. The molecule has 0 spiro atoms. The zero-order valence-corrected chi connectivity index (χ0v) is 14.6. The molecule has 0 atom stereocenters. The molecule has 132 valence electrons. The van der Waals surface area contributed by atoms with E-state index in [1.807, 2.05) is 13.8 Å². The van der Waals surface area contributed by atoms with Crippen molar-refractivity contribution in [1.29, 1.82) is 0 Å². The van der Waals surface area contributed by atoms with Crippen molar-refractivity contribution in [2.45, 2.75) is 13.8 Å². The average Bonchev–Trinajstić information content (AvgIpc) is 2.61. The molecule has 5 nitrogen and oxygen atoms in total. The molecule has 0 saturated heterocycles. The lowest BCUT2D eigenvalue weighted by molar-refractivity contribution is -0.130. The zero-order valence-electron chi connectivity index (χ0n) is 14.6. The van der Waals surface area contributed by atoms with E-state index in [9.17, 15) is 9.90 Å². The predicted molar refractivity (Wildman–Crippen MR) is 97.3 cm³/mol. The first kappa shape index (κ1) is 18.4. The number of carboxylic acid groups (broad SMARTS) is 1. The van der Waals surface area contributed by atoms with Crippen molar-refractivity contribution in [3.05, 3.63) is 53.6 Å². The Morgan fingerprint density at radius 1 is 1.08 bits per heavy atom. The lowest BCUT2D eigenvalue weighted by Crippen LogP contribution is -2.02. The Hall–Kier alpha value is -2.95. The van der Waals surface area contributed by atoms with E-state index in [0.29, 0.717) is 41.6 Å². The molecule has 5 heteroatoms. The van der Waals surface area contributed by atoms with Gasteiger partial charge in [0.2, 0.25) is 0 Å². The molecule has 0 aromatic heterocycles. The lowest BCUT2D eigenvalue weighted by atomic mass is 10.0. The molecule has 0 heterocycles. The van der Waals surface area contributed by atoms with E-state index in [-0.39, 0.29) is 5.57 Å². The van der Waals surface area contributed by atoms with Crippen molar-refractivity contribution in [3.63, 3.8) is 0 Å². The van der Waals surface area contributed by atoms with Crippen molar-refractivity contribution in [2.75, 3.05) is 20.3 Å². The van der Waals surface area contributed by atoms with Gasteiger partial charge in [-0.3, -0.25) is 0 Å². The first-order chi connectivity index (χ1) is 12.1. The van der Waals surface area contributed by atoms with E-state index < -0.39 is 5.97 Å². The molecule has 1 N–H and O–H groups in total. The van der Waals surface area contributed by atoms with Gasteiger partial charge in [0, 0.05) is 5.56 Å². The number of hydrogen-bond donors (Lipinski definition) is 1. The summed E-state index contributed by atoms with van der Waals surface area (Å²) in [4.78, 5) is 11.8. The molecular formula is C20H22O5. The van der Waals surface area contributed by atoms with Crippen LogP contribution in [-0.2, 0) is 4.79 Å². The second-order valence-corrected chi connectivity index (χ2v) is 5.14. The number of ether oxygens (including phenoxy) is 3. The molecule has 2 aromatic rings. The van der Waals surface area contributed by atoms with Crippen molar-refractivity contribution in [3.8, 4) is 17.2 Å². The summed E-state index contributed by atoms with van der Waals surface area (Å²) in [6, 6.07) is 12.4. The Morgan fingerprint density at radius 2 is 1.80 bits per heavy atom. The molecular weight excluding hydrogens is 320 g/mol. The first-order valence-electron chi connectivity index (χ1n) is 8.08. The molecule has 2 rings (SSSR count). The van der Waals surface area contributed by atoms with Gasteiger partial charge in [-0.2, -0.15) is 0 Å². The van der Waals surface area contributed by atoms with Gasteiger partial charge in [-0.1, -0.05) is 24.3 Å². The number of carbonyl (C=O) groups is 1. The standard InChI is InChI=1S/C20H22O5/c1-4-24-16-10-6-8-14(12-16)17(20(21)22)13-15-9-7-11-18(23-3)19(15)25-5-2/h6-13H,4-5H2,1-3H3,(H,21,22)/b17-13-. The van der Waals surface area contributed by atoms with Gasteiger partial charge in [0.15, 0.2) is 11.5 Å². The molecule has 0 saturated carbocycles. The zero-order chi connectivity index (χ0) is 18.2. The summed E-state index contributed by atoms with van der Waals surface area (Å²) in [7, 11) is 1.55. The molecule has 0 unspecified atom stereocenters. The van der Waals surface area contributed by atoms with Crippen LogP contribution in [0.25, 0.3) is 11.6 Å². The Labute approximate surface area is 147 Å². The van der Waals surface area contributed by atoms with Crippen LogP contribution in [-0.4, -0.2) is 31.4 Å². The van der Waals surface area contributed by atoms with Gasteiger partial charge in [-0.15, -0.1) is 0 Å². The highest BCUT2D eigenvalue weighted by molar-refractivity contribution is 6.21. The molecule has 0 bridgehead atoms. The Bertz CT molecular complexity index is 764. The second-order valence-electron chi connectivity index (χ2n) is 5.14. The maximum atomic E-state index is 11.8. The Balaban J connectivity index is 2.54. The third kappa shape index (κ3) is 4.53. The molecule has 0 aliphatic heterocycles. The SMILES string of the molecule is CCOc1cccc(/C(=C/c2cccc(OC)c2OCC)C(=O)O)c1. The Kier molecular flexibility index (Phi) is 6.46. The normalized spacial score (nSPS) is 11.1. The summed E-state index contributed by atoms with van der Waals surface area (Å²) >= 11 is 0. The molecule has 0 aliphatic carbocycles. The second kappa shape index (κ2) is 8.78. The number of carboxylic acids is 1. The third-order valence-electron chi connectivity index (χ3n) is 3.50. The minimum atomic E-state index is -1.03. The van der Waals surface area contributed by atoms with Crippen LogP contribution in [0.4, 0.5) is 0 Å². The summed E-state index contributed by atoms with van der Waals surface area (Å²) < 4.78 is 16.4. The highest BCUT2D eigenvalue weighted by Gasteiger charge is 2.15. The van der Waals surface area contributed by atoms with Crippen LogP contribution in [0.1, 0.15) is 25.0 Å². The van der Waals surface area contributed by atoms with Crippen LogP contribution in [0, 0.1) is 0 Å². The summed E-state index contributed by atoms with van der Waals surface area (Å²) in [6.07, 6.45) is 1.58. The molecule has 0 fully saturated rings. The molecule has 2 aromatic carbocycles. The van der Waals surface area contributed by atoms with Crippen LogP contribution < -0.4 is 14.2 Å². The fourth-order valence-corrected chi connectivity index (χ4v) is 2.45. The van der Waals surface area contributed by atoms with E-state index in [1.54, 1.807) is 55.7 Å². The lowest BCUT2D eigenvalue weighted by Gasteiger charge is -2.13. The van der Waals surface area contributed by atoms with Crippen molar-refractivity contribution < 1.29 is 24.1 Å². The van der Waals surface area contributed by atoms with Crippen molar-refractivity contribution >= 4 is 17.6 Å². The third-order valence-corrected chi connectivity index (χ3v) is 3.50. The van der Waals surface area contributed by atoms with Crippen LogP contribution in [0.15, 0.2) is 42.5 Å². The molecule has 0 amide bonds. The van der Waals surface area contributed by atoms with Gasteiger partial charge >= 0.3 is 5.97 Å². The summed E-state index contributed by atoms with van der Waals surface area (Å²) in [5, 5.41) is 9.67. The fraction of sp³-hybridized carbons (Fsp3) is 0.250. The van der Waals surface area contributed by atoms with Gasteiger partial charge in [-0.25, -0.2) is 4.79 Å². The Morgan fingerprint density at radius 3 is 2.44 bits per heavy atom. The van der Waals surface area contributed by atoms with Gasteiger partial charge in [-0.05, 0) is 43.7 Å². The topological polar surface area (TPSA) is 65.0 Å². The number of benzene rings is 2. The van der Waals surface area contributed by atoms with E-state index in [0.717, 1.165) is 0 Å². The number of methoxy groups -OCH3 is 1. The highest BCUT2D eigenvalue weighted by atomic mass is 16.5. The van der Waals surface area contributed by atoms with Crippen LogP contribution in [0.3, 0.4) is 0 Å². The van der Waals surface area contributed by atoms with Gasteiger partial charge in [0.25, 0.3) is 0 Å². The maximum Gasteiger partial charge on any atom is 0.336 e. The van der Waals surface area contributed by atoms with Gasteiger partial charge in [0.1, 0.15) is 5.75 Å². The smallest absolute Gasteiger partial charge is 0.336 e. The van der Waals surface area contributed by atoms with Gasteiger partial charge < -0.3 is 19.3 Å². The minimum absolute atomic E-state index is 0.149. The van der Waals surface area contributed by atoms with Crippen LogP contribution in [0.2, 0.25) is 0 Å². The van der Waals surface area contributed by atoms with Crippen LogP contribution in [0.5, 0.6) is 17.2 Å². The number of rotatable bonds is 8. The van der Waals surface area contributed by atoms with E-state index in [4.69, 9.17) is 14.2 Å². The predicted octanol–water partition coefficient (Wildman–Crippen LogP) is 4.12. The summed E-state index contributed by atoms with van der Waals surface area (Å²) in [6.45, 7) is 4.71. The molecule has 25 heavy (non-hydrogen) atoms. The first-order valence-corrected chi connectivity index (χ1v) is 8.08.